The van der Waals surface area contributed by atoms with Crippen molar-refractivity contribution in [3.63, 3.8) is 0 Å². The Balaban J connectivity index is 1.91. The van der Waals surface area contributed by atoms with E-state index in [1.165, 1.54) is 19.1 Å². The summed E-state index contributed by atoms with van der Waals surface area (Å²) in [4.78, 5) is 21.6. The van der Waals surface area contributed by atoms with E-state index in [9.17, 15) is 14.9 Å². The summed E-state index contributed by atoms with van der Waals surface area (Å²) >= 11 is 0. The predicted molar refractivity (Wildman–Crippen MR) is 89.7 cm³/mol. The number of aliphatic carboxylic acids is 1. The number of carboxylic acids is 1. The lowest BCUT2D eigenvalue weighted by Crippen LogP contribution is -2.23. The van der Waals surface area contributed by atoms with Crippen LogP contribution in [0.2, 0.25) is 0 Å². The summed E-state index contributed by atoms with van der Waals surface area (Å²) in [5.74, 6) is -1.27. The van der Waals surface area contributed by atoms with Gasteiger partial charge in [-0.05, 0) is 24.6 Å². The van der Waals surface area contributed by atoms with Crippen molar-refractivity contribution >= 4 is 22.6 Å². The zero-order chi connectivity index (χ0) is 18.0. The van der Waals surface area contributed by atoms with E-state index in [1.807, 2.05) is 24.3 Å². The van der Waals surface area contributed by atoms with E-state index in [4.69, 9.17) is 9.84 Å². The van der Waals surface area contributed by atoms with Crippen LogP contribution < -0.4 is 4.74 Å². The number of nitro benzene ring substituents is 1. The average Bonchev–Trinajstić information content (AvgIpc) is 2.99. The van der Waals surface area contributed by atoms with Gasteiger partial charge in [-0.15, -0.1) is 0 Å². The minimum absolute atomic E-state index is 0.0750. The maximum Gasteiger partial charge on any atom is 0.344 e. The number of carboxylic acid groups (broad SMARTS) is 1. The summed E-state index contributed by atoms with van der Waals surface area (Å²) in [5.41, 5.74) is 1.31. The number of hydrogen-bond acceptors (Lipinski definition) is 5. The van der Waals surface area contributed by atoms with Crippen LogP contribution in [0.25, 0.3) is 10.9 Å². The number of fused-ring (bicyclic) bond motifs is 1. The van der Waals surface area contributed by atoms with Crippen LogP contribution in [-0.2, 0) is 11.3 Å². The van der Waals surface area contributed by atoms with Gasteiger partial charge in [0.15, 0.2) is 11.9 Å². The van der Waals surface area contributed by atoms with E-state index in [0.29, 0.717) is 12.1 Å². The van der Waals surface area contributed by atoms with E-state index in [-0.39, 0.29) is 11.4 Å². The van der Waals surface area contributed by atoms with Crippen LogP contribution in [-0.4, -0.2) is 31.9 Å². The molecule has 0 saturated heterocycles. The maximum absolute atomic E-state index is 11.3. The maximum atomic E-state index is 11.3. The second-order valence-corrected chi connectivity index (χ2v) is 5.52. The van der Waals surface area contributed by atoms with Gasteiger partial charge < -0.3 is 9.84 Å². The van der Waals surface area contributed by atoms with Gasteiger partial charge in [-0.1, -0.05) is 24.3 Å². The molecule has 0 fully saturated rings. The fourth-order valence-electron chi connectivity index (χ4n) is 2.47. The standard InChI is InChI=1S/C17H15N3O5/c1-11(17(21)22)25-16-7-6-12(8-15(16)20(23)24)10-19-14-5-3-2-4-13(14)9-18-19/h2-9,11H,10H2,1H3,(H,21,22). The zero-order valence-corrected chi connectivity index (χ0v) is 13.3. The summed E-state index contributed by atoms with van der Waals surface area (Å²) < 4.78 is 6.91. The number of carbonyl (C=O) groups is 1. The minimum Gasteiger partial charge on any atom is -0.479 e. The van der Waals surface area contributed by atoms with Crippen molar-refractivity contribution in [2.24, 2.45) is 0 Å². The lowest BCUT2D eigenvalue weighted by Gasteiger charge is -2.11. The van der Waals surface area contributed by atoms with Crippen molar-refractivity contribution in [3.8, 4) is 5.75 Å². The Hall–Kier alpha value is -3.42. The van der Waals surface area contributed by atoms with Crippen LogP contribution >= 0.6 is 0 Å². The molecule has 0 radical (unpaired) electrons. The summed E-state index contributed by atoms with van der Waals surface area (Å²) in [6.45, 7) is 1.67. The molecule has 3 aromatic rings. The molecule has 128 valence electrons. The van der Waals surface area contributed by atoms with Gasteiger partial charge in [0.05, 0.1) is 23.2 Å². The summed E-state index contributed by atoms with van der Waals surface area (Å²) in [5, 5.41) is 25.5. The summed E-state index contributed by atoms with van der Waals surface area (Å²) in [7, 11) is 0. The van der Waals surface area contributed by atoms with Gasteiger partial charge in [0.1, 0.15) is 0 Å². The largest absolute Gasteiger partial charge is 0.479 e. The molecular weight excluding hydrogens is 326 g/mol. The second kappa shape index (κ2) is 6.60. The van der Waals surface area contributed by atoms with Crippen molar-refractivity contribution in [1.82, 2.24) is 9.78 Å². The highest BCUT2D eigenvalue weighted by molar-refractivity contribution is 5.78. The van der Waals surface area contributed by atoms with Gasteiger partial charge in [0, 0.05) is 11.5 Å². The molecule has 0 aliphatic heterocycles. The molecule has 1 unspecified atom stereocenters. The van der Waals surface area contributed by atoms with Crippen molar-refractivity contribution in [1.29, 1.82) is 0 Å². The first kappa shape index (κ1) is 16.4. The number of para-hydroxylation sites is 1. The molecule has 1 N–H and O–H groups in total. The SMILES string of the molecule is CC(Oc1ccc(Cn2ncc3ccccc32)cc1[N+](=O)[O-])C(=O)O. The lowest BCUT2D eigenvalue weighted by atomic mass is 10.2. The Morgan fingerprint density at radius 2 is 2.12 bits per heavy atom. The van der Waals surface area contributed by atoms with Crippen molar-refractivity contribution in [2.45, 2.75) is 19.6 Å². The molecular formula is C17H15N3O5. The molecule has 3 rings (SSSR count). The van der Waals surface area contributed by atoms with Crippen LogP contribution in [0.3, 0.4) is 0 Å². The van der Waals surface area contributed by atoms with Crippen LogP contribution in [0.5, 0.6) is 5.75 Å². The molecule has 0 amide bonds. The Bertz CT molecular complexity index is 950. The van der Waals surface area contributed by atoms with Gasteiger partial charge in [0.25, 0.3) is 0 Å². The van der Waals surface area contributed by atoms with Gasteiger partial charge in [-0.2, -0.15) is 5.10 Å². The Morgan fingerprint density at radius 3 is 2.84 bits per heavy atom. The highest BCUT2D eigenvalue weighted by atomic mass is 16.6. The van der Waals surface area contributed by atoms with E-state index in [2.05, 4.69) is 5.10 Å². The quantitative estimate of drug-likeness (QED) is 0.545. The molecule has 0 bridgehead atoms. The topological polar surface area (TPSA) is 107 Å². The van der Waals surface area contributed by atoms with Crippen molar-refractivity contribution < 1.29 is 19.6 Å². The smallest absolute Gasteiger partial charge is 0.344 e. The van der Waals surface area contributed by atoms with E-state index in [0.717, 1.165) is 10.9 Å². The average molecular weight is 341 g/mol. The minimum atomic E-state index is -1.19. The number of benzene rings is 2. The number of hydrogen-bond donors (Lipinski definition) is 1. The Kier molecular flexibility index (Phi) is 4.34. The molecule has 1 aromatic heterocycles. The molecule has 8 nitrogen and oxygen atoms in total. The molecule has 0 saturated carbocycles. The van der Waals surface area contributed by atoms with Gasteiger partial charge in [-0.25, -0.2) is 4.79 Å². The third-order valence-corrected chi connectivity index (χ3v) is 3.75. The van der Waals surface area contributed by atoms with E-state index in [1.54, 1.807) is 16.9 Å². The van der Waals surface area contributed by atoms with Gasteiger partial charge >= 0.3 is 11.7 Å². The fourth-order valence-corrected chi connectivity index (χ4v) is 2.47. The Morgan fingerprint density at radius 1 is 1.36 bits per heavy atom. The molecule has 1 heterocycles. The third kappa shape index (κ3) is 3.42. The fraction of sp³-hybridized carbons (Fsp3) is 0.176. The van der Waals surface area contributed by atoms with Crippen molar-refractivity contribution in [2.75, 3.05) is 0 Å². The predicted octanol–water partition coefficient (Wildman–Crippen LogP) is 2.84. The molecule has 25 heavy (non-hydrogen) atoms. The number of nitro groups is 1. The molecule has 1 atom stereocenters. The number of ether oxygens (including phenoxy) is 1. The number of aromatic nitrogens is 2. The number of nitrogens with zero attached hydrogens (tertiary/aromatic N) is 3. The lowest BCUT2D eigenvalue weighted by molar-refractivity contribution is -0.386. The van der Waals surface area contributed by atoms with E-state index >= 15 is 0 Å². The first-order valence-electron chi connectivity index (χ1n) is 7.53. The molecule has 8 heteroatoms. The highest BCUT2D eigenvalue weighted by Gasteiger charge is 2.21. The first-order chi connectivity index (χ1) is 12.0. The van der Waals surface area contributed by atoms with Crippen molar-refractivity contribution in [3.05, 3.63) is 64.3 Å². The zero-order valence-electron chi connectivity index (χ0n) is 13.3. The monoisotopic (exact) mass is 341 g/mol. The third-order valence-electron chi connectivity index (χ3n) is 3.75. The van der Waals surface area contributed by atoms with Gasteiger partial charge in [-0.3, -0.25) is 14.8 Å². The van der Waals surface area contributed by atoms with Crippen LogP contribution in [0.15, 0.2) is 48.7 Å². The van der Waals surface area contributed by atoms with E-state index < -0.39 is 17.0 Å². The molecule has 0 spiro atoms. The highest BCUT2D eigenvalue weighted by Crippen LogP contribution is 2.29. The van der Waals surface area contributed by atoms with Crippen LogP contribution in [0, 0.1) is 10.1 Å². The second-order valence-electron chi connectivity index (χ2n) is 5.52. The Labute approximate surface area is 142 Å². The normalized spacial score (nSPS) is 12.0. The summed E-state index contributed by atoms with van der Waals surface area (Å²) in [6.07, 6.45) is 0.551. The first-order valence-corrected chi connectivity index (χ1v) is 7.53. The van der Waals surface area contributed by atoms with Crippen LogP contribution in [0.4, 0.5) is 5.69 Å². The summed E-state index contributed by atoms with van der Waals surface area (Å²) in [6, 6.07) is 12.1. The van der Waals surface area contributed by atoms with Gasteiger partial charge in [0.2, 0.25) is 0 Å². The number of rotatable bonds is 6. The molecule has 0 aliphatic rings. The molecule has 2 aromatic carbocycles. The van der Waals surface area contributed by atoms with Crippen LogP contribution in [0.1, 0.15) is 12.5 Å². The molecule has 0 aliphatic carbocycles.